The number of esters is 2. The molecule has 0 spiro atoms. The van der Waals surface area contributed by atoms with Gasteiger partial charge in [0.05, 0.1) is 29.0 Å². The van der Waals surface area contributed by atoms with Crippen molar-refractivity contribution in [1.82, 2.24) is 19.4 Å². The number of carbonyl (C=O) groups excluding carboxylic acids is 3. The number of rotatable bonds is 11. The van der Waals surface area contributed by atoms with E-state index in [-0.39, 0.29) is 67.1 Å². The molecule has 49 heavy (non-hydrogen) atoms. The molecule has 0 bridgehead atoms. The van der Waals surface area contributed by atoms with Crippen molar-refractivity contribution in [2.24, 2.45) is 0 Å². The van der Waals surface area contributed by atoms with Crippen LogP contribution in [0.2, 0.25) is 0 Å². The highest BCUT2D eigenvalue weighted by atomic mass is 16.6. The predicted molar refractivity (Wildman–Crippen MR) is 178 cm³/mol. The number of hydrogen-bond donors (Lipinski definition) is 4. The molecule has 13 heteroatoms. The number of carbonyl (C=O) groups is 3. The quantitative estimate of drug-likeness (QED) is 0.148. The Kier molecular flexibility index (Phi) is 8.86. The maximum atomic E-state index is 13.9. The summed E-state index contributed by atoms with van der Waals surface area (Å²) in [5.74, 6) is -2.38. The van der Waals surface area contributed by atoms with Gasteiger partial charge in [0.15, 0.2) is 11.8 Å². The standard InChI is InChI=1S/C36H40N4O9/c1-5-19(6-2)22-14-30(43)39(33(22)45)12-11-29(42)37-16-31(44)49-36(8-4)26-15-28-32-24(17-40(28)34(46)25(26)18-48-35(36)47)21(7-3)23-13-20(41)9-10-27(23)38-32/h9-10,13-15,19,41,43,45H,5-8,11-12,16-18H2,1-4H3,(H,37,42). The number of benzene rings is 1. The fraction of sp³-hybridized carbons (Fsp3) is 0.417. The number of phenols is 1. The lowest BCUT2D eigenvalue weighted by molar-refractivity contribution is -0.189. The molecule has 6 rings (SSSR count). The largest absolute Gasteiger partial charge is 0.508 e. The minimum absolute atomic E-state index is 0.0297. The first kappa shape index (κ1) is 33.6. The fourth-order valence-electron chi connectivity index (χ4n) is 7.21. The van der Waals surface area contributed by atoms with Gasteiger partial charge < -0.3 is 34.7 Å². The highest BCUT2D eigenvalue weighted by Crippen LogP contribution is 2.42. The van der Waals surface area contributed by atoms with Gasteiger partial charge in [0.1, 0.15) is 18.9 Å². The van der Waals surface area contributed by atoms with Crippen molar-refractivity contribution < 1.29 is 39.2 Å². The maximum Gasteiger partial charge on any atom is 0.355 e. The van der Waals surface area contributed by atoms with Gasteiger partial charge in [-0.15, -0.1) is 0 Å². The predicted octanol–water partition coefficient (Wildman–Crippen LogP) is 4.22. The number of aryl methyl sites for hydroxylation is 1. The molecule has 1 amide bonds. The van der Waals surface area contributed by atoms with Gasteiger partial charge in [-0.2, -0.15) is 0 Å². The summed E-state index contributed by atoms with van der Waals surface area (Å²) in [6, 6.07) is 8.08. The molecular formula is C36H40N4O9. The summed E-state index contributed by atoms with van der Waals surface area (Å²) in [7, 11) is 0. The molecule has 3 aromatic heterocycles. The van der Waals surface area contributed by atoms with Gasteiger partial charge in [-0.3, -0.25) is 19.0 Å². The van der Waals surface area contributed by atoms with E-state index in [1.54, 1.807) is 35.8 Å². The van der Waals surface area contributed by atoms with Gasteiger partial charge in [0.25, 0.3) is 5.56 Å². The molecule has 258 valence electrons. The SMILES string of the molecule is CCc1c2c(nc3ccc(O)cc13)-c1cc3c(c(=O)n1C2)COC(=O)C3(CC)OC(=O)CNC(=O)CCn1c(O)cc(C(CC)CC)c1O. The van der Waals surface area contributed by atoms with Crippen LogP contribution in [0.4, 0.5) is 0 Å². The first-order chi connectivity index (χ1) is 23.5. The Labute approximate surface area is 282 Å². The molecule has 1 unspecified atom stereocenters. The zero-order valence-electron chi connectivity index (χ0n) is 28.0. The molecule has 13 nitrogen and oxygen atoms in total. The zero-order valence-corrected chi connectivity index (χ0v) is 28.0. The van der Waals surface area contributed by atoms with Crippen LogP contribution in [0.3, 0.4) is 0 Å². The van der Waals surface area contributed by atoms with Gasteiger partial charge >= 0.3 is 11.9 Å². The van der Waals surface area contributed by atoms with Crippen molar-refractivity contribution in [2.75, 3.05) is 6.54 Å². The third-order valence-electron chi connectivity index (χ3n) is 9.89. The van der Waals surface area contributed by atoms with Crippen LogP contribution in [0.1, 0.15) is 87.1 Å². The second-order valence-electron chi connectivity index (χ2n) is 12.5. The second kappa shape index (κ2) is 12.9. The lowest BCUT2D eigenvalue weighted by atomic mass is 9.85. The van der Waals surface area contributed by atoms with Crippen molar-refractivity contribution >= 4 is 28.7 Å². The first-order valence-electron chi connectivity index (χ1n) is 16.7. The number of aromatic hydroxyl groups is 3. The molecule has 0 aliphatic carbocycles. The van der Waals surface area contributed by atoms with E-state index in [9.17, 15) is 34.5 Å². The number of hydrogen-bond acceptors (Lipinski definition) is 10. The molecule has 0 saturated heterocycles. The molecule has 4 aromatic rings. The second-order valence-corrected chi connectivity index (χ2v) is 12.5. The van der Waals surface area contributed by atoms with Crippen molar-refractivity contribution in [3.05, 3.63) is 68.5 Å². The summed E-state index contributed by atoms with van der Waals surface area (Å²) < 4.78 is 14.0. The Morgan fingerprint density at radius 1 is 1.06 bits per heavy atom. The van der Waals surface area contributed by atoms with E-state index in [0.717, 1.165) is 29.4 Å². The third-order valence-corrected chi connectivity index (χ3v) is 9.89. The van der Waals surface area contributed by atoms with Crippen molar-refractivity contribution in [3.63, 3.8) is 0 Å². The Morgan fingerprint density at radius 2 is 1.82 bits per heavy atom. The number of ether oxygens (including phenoxy) is 2. The normalized spacial score (nSPS) is 16.3. The first-order valence-corrected chi connectivity index (χ1v) is 16.7. The van der Waals surface area contributed by atoms with Crippen LogP contribution < -0.4 is 10.9 Å². The summed E-state index contributed by atoms with van der Waals surface area (Å²) in [5.41, 5.74) is 2.17. The number of pyridine rings is 2. The topological polar surface area (TPSA) is 182 Å². The number of cyclic esters (lactones) is 1. The molecule has 0 saturated carbocycles. The number of nitrogens with one attached hydrogen (secondary N) is 1. The van der Waals surface area contributed by atoms with Gasteiger partial charge in [-0.05, 0) is 61.4 Å². The average molecular weight is 673 g/mol. The Balaban J connectivity index is 1.23. The summed E-state index contributed by atoms with van der Waals surface area (Å²) >= 11 is 0. The number of nitrogens with zero attached hydrogens (tertiary/aromatic N) is 3. The van der Waals surface area contributed by atoms with E-state index in [4.69, 9.17) is 14.5 Å². The van der Waals surface area contributed by atoms with E-state index < -0.39 is 35.6 Å². The number of fused-ring (bicyclic) bond motifs is 5. The highest BCUT2D eigenvalue weighted by Gasteiger charge is 2.50. The smallest absolute Gasteiger partial charge is 0.355 e. The number of aromatic nitrogens is 3. The molecule has 1 atom stereocenters. The van der Waals surface area contributed by atoms with E-state index in [1.165, 1.54) is 10.6 Å². The molecule has 0 radical (unpaired) electrons. The molecular weight excluding hydrogens is 632 g/mol. The Bertz CT molecular complexity index is 2060. The third kappa shape index (κ3) is 5.56. The van der Waals surface area contributed by atoms with Crippen LogP contribution in [0.15, 0.2) is 35.1 Å². The van der Waals surface area contributed by atoms with Gasteiger partial charge in [-0.25, -0.2) is 9.78 Å². The van der Waals surface area contributed by atoms with Crippen molar-refractivity contribution in [1.29, 1.82) is 0 Å². The Hall–Kier alpha value is -5.33. The van der Waals surface area contributed by atoms with Crippen LogP contribution in [-0.2, 0) is 55.6 Å². The van der Waals surface area contributed by atoms with E-state index in [1.807, 2.05) is 20.8 Å². The van der Waals surface area contributed by atoms with E-state index in [2.05, 4.69) is 5.32 Å². The van der Waals surface area contributed by atoms with Crippen LogP contribution in [0.5, 0.6) is 17.5 Å². The van der Waals surface area contributed by atoms with Gasteiger partial charge in [0, 0.05) is 41.1 Å². The van der Waals surface area contributed by atoms with Crippen molar-refractivity contribution in [3.8, 4) is 28.9 Å². The lowest BCUT2D eigenvalue weighted by Crippen LogP contribution is -2.48. The summed E-state index contributed by atoms with van der Waals surface area (Å²) in [5, 5.41) is 34.4. The van der Waals surface area contributed by atoms with Crippen LogP contribution >= 0.6 is 0 Å². The van der Waals surface area contributed by atoms with Crippen LogP contribution in [-0.4, -0.2) is 53.8 Å². The summed E-state index contributed by atoms with van der Waals surface area (Å²) in [4.78, 5) is 58.0. The molecule has 5 heterocycles. The molecule has 1 aromatic carbocycles. The number of phenolic OH excluding ortho intramolecular Hbond substituents is 1. The van der Waals surface area contributed by atoms with Gasteiger partial charge in [0.2, 0.25) is 11.5 Å². The van der Waals surface area contributed by atoms with Crippen molar-refractivity contribution in [2.45, 2.75) is 91.0 Å². The van der Waals surface area contributed by atoms with Crippen LogP contribution in [0.25, 0.3) is 22.3 Å². The molecule has 0 fully saturated rings. The molecule has 4 N–H and O–H groups in total. The highest BCUT2D eigenvalue weighted by molar-refractivity contribution is 5.91. The monoisotopic (exact) mass is 672 g/mol. The number of amides is 1. The van der Waals surface area contributed by atoms with E-state index in [0.29, 0.717) is 28.9 Å². The minimum atomic E-state index is -1.93. The minimum Gasteiger partial charge on any atom is -0.508 e. The molecule has 2 aliphatic rings. The average Bonchev–Trinajstić information content (AvgIpc) is 3.59. The molecule has 2 aliphatic heterocycles. The van der Waals surface area contributed by atoms with E-state index >= 15 is 0 Å². The zero-order chi connectivity index (χ0) is 35.2. The summed E-state index contributed by atoms with van der Waals surface area (Å²) in [6.45, 7) is 6.96. The van der Waals surface area contributed by atoms with Crippen LogP contribution in [0, 0.1) is 0 Å². The maximum absolute atomic E-state index is 13.9. The summed E-state index contributed by atoms with van der Waals surface area (Å²) in [6.07, 6.45) is 1.99. The Morgan fingerprint density at radius 3 is 2.51 bits per heavy atom. The van der Waals surface area contributed by atoms with Gasteiger partial charge in [-0.1, -0.05) is 27.7 Å². The fourth-order valence-corrected chi connectivity index (χ4v) is 7.21. The lowest BCUT2D eigenvalue weighted by Gasteiger charge is -2.35.